The Bertz CT molecular complexity index is 940. The Hall–Kier alpha value is -3.25. The molecule has 0 saturated carbocycles. The number of ether oxygens (including phenoxy) is 4. The summed E-state index contributed by atoms with van der Waals surface area (Å²) in [7, 11) is 3.18. The fourth-order valence-electron chi connectivity index (χ4n) is 3.27. The van der Waals surface area contributed by atoms with Crippen LogP contribution in [0.25, 0.3) is 11.6 Å². The molecule has 0 aliphatic carbocycles. The number of aliphatic hydroxyl groups excluding tert-OH is 1. The lowest BCUT2D eigenvalue weighted by Gasteiger charge is -2.25. The predicted molar refractivity (Wildman–Crippen MR) is 103 cm³/mol. The van der Waals surface area contributed by atoms with Crippen molar-refractivity contribution < 1.29 is 28.8 Å². The normalized spacial score (nSPS) is 22.5. The molecule has 2 heterocycles. The minimum atomic E-state index is -0.837. The van der Waals surface area contributed by atoms with Crippen molar-refractivity contribution in [1.82, 2.24) is 0 Å². The first-order valence-corrected chi connectivity index (χ1v) is 8.87. The summed E-state index contributed by atoms with van der Waals surface area (Å²) in [6.07, 6.45) is 0.113. The summed E-state index contributed by atoms with van der Waals surface area (Å²) >= 11 is 0. The van der Waals surface area contributed by atoms with Crippen LogP contribution in [0, 0.1) is 0 Å². The molecule has 6 nitrogen and oxygen atoms in total. The number of methoxy groups -OCH3 is 2. The lowest BCUT2D eigenvalue weighted by Crippen LogP contribution is -2.32. The van der Waals surface area contributed by atoms with E-state index in [1.807, 2.05) is 12.1 Å². The van der Waals surface area contributed by atoms with Crippen LogP contribution in [-0.2, 0) is 14.3 Å². The number of carbonyl (C=O) groups is 1. The second-order valence-corrected chi connectivity index (χ2v) is 6.50. The highest BCUT2D eigenvalue weighted by molar-refractivity contribution is 6.30. The summed E-state index contributed by atoms with van der Waals surface area (Å²) in [5, 5.41) is 10.3. The zero-order valence-corrected chi connectivity index (χ0v) is 15.5. The molecule has 28 heavy (non-hydrogen) atoms. The summed E-state index contributed by atoms with van der Waals surface area (Å²) < 4.78 is 21.8. The number of hydrogen-bond acceptors (Lipinski definition) is 6. The minimum Gasteiger partial charge on any atom is -0.497 e. The molecule has 1 fully saturated rings. The summed E-state index contributed by atoms with van der Waals surface area (Å²) in [4.78, 5) is 13.2. The van der Waals surface area contributed by atoms with Gasteiger partial charge in [0, 0.05) is 0 Å². The molecular weight excluding hydrogens is 360 g/mol. The molecule has 1 saturated heterocycles. The molecule has 2 atom stereocenters. The number of benzene rings is 2. The van der Waals surface area contributed by atoms with Gasteiger partial charge < -0.3 is 24.1 Å². The Morgan fingerprint density at radius 2 is 1.61 bits per heavy atom. The van der Waals surface area contributed by atoms with E-state index in [-0.39, 0.29) is 18.1 Å². The summed E-state index contributed by atoms with van der Waals surface area (Å²) in [5.74, 6) is 1.65. The Balaban J connectivity index is 1.75. The Morgan fingerprint density at radius 3 is 2.21 bits per heavy atom. The standard InChI is InChI=1S/C22H20O6/c1-25-15-7-3-13(4-8-15)11-18-20(24)19(14-5-9-16(26-2)10-6-14)22-21(28-18)17(23)12-27-22/h3-11,17,21,23H,12H2,1-2H3/b18-11-/t17-,21-/m1/s1. The van der Waals surface area contributed by atoms with Gasteiger partial charge in [-0.2, -0.15) is 0 Å². The highest BCUT2D eigenvalue weighted by Crippen LogP contribution is 2.38. The van der Waals surface area contributed by atoms with Gasteiger partial charge in [-0.1, -0.05) is 24.3 Å². The van der Waals surface area contributed by atoms with E-state index in [9.17, 15) is 9.90 Å². The number of ketones is 1. The maximum absolute atomic E-state index is 13.2. The SMILES string of the molecule is COc1ccc(/C=C2\O[C@H]3C(=C(c4ccc(OC)cc4)C2=O)OC[C@H]3O)cc1. The van der Waals surface area contributed by atoms with E-state index >= 15 is 0 Å². The summed E-state index contributed by atoms with van der Waals surface area (Å²) in [6.45, 7) is 0.0861. The third-order valence-electron chi connectivity index (χ3n) is 4.76. The third kappa shape index (κ3) is 3.23. The zero-order chi connectivity index (χ0) is 19.7. The van der Waals surface area contributed by atoms with E-state index in [1.165, 1.54) is 0 Å². The first-order chi connectivity index (χ1) is 13.6. The highest BCUT2D eigenvalue weighted by Gasteiger charge is 2.44. The summed E-state index contributed by atoms with van der Waals surface area (Å²) in [6, 6.07) is 14.4. The van der Waals surface area contributed by atoms with Gasteiger partial charge in [-0.05, 0) is 41.5 Å². The topological polar surface area (TPSA) is 74.2 Å². The van der Waals surface area contributed by atoms with Crippen LogP contribution < -0.4 is 9.47 Å². The summed E-state index contributed by atoms with van der Waals surface area (Å²) in [5.41, 5.74) is 1.87. The van der Waals surface area contributed by atoms with Crippen molar-refractivity contribution >= 4 is 17.4 Å². The van der Waals surface area contributed by atoms with Crippen molar-refractivity contribution in [3.05, 3.63) is 71.2 Å². The molecule has 2 aromatic carbocycles. The van der Waals surface area contributed by atoms with Crippen LogP contribution in [-0.4, -0.2) is 43.9 Å². The van der Waals surface area contributed by atoms with Gasteiger partial charge in [0.15, 0.2) is 17.6 Å². The molecule has 2 aliphatic heterocycles. The fourth-order valence-corrected chi connectivity index (χ4v) is 3.27. The van der Waals surface area contributed by atoms with E-state index in [4.69, 9.17) is 18.9 Å². The van der Waals surface area contributed by atoms with Gasteiger partial charge in [0.25, 0.3) is 0 Å². The first-order valence-electron chi connectivity index (χ1n) is 8.87. The molecule has 0 unspecified atom stereocenters. The molecule has 0 bridgehead atoms. The number of aliphatic hydroxyl groups is 1. The van der Waals surface area contributed by atoms with E-state index in [1.54, 1.807) is 56.7 Å². The van der Waals surface area contributed by atoms with Crippen molar-refractivity contribution in [3.63, 3.8) is 0 Å². The van der Waals surface area contributed by atoms with Crippen LogP contribution in [0.1, 0.15) is 11.1 Å². The number of hydrogen-bond donors (Lipinski definition) is 1. The van der Waals surface area contributed by atoms with Crippen LogP contribution in [0.15, 0.2) is 60.0 Å². The lowest BCUT2D eigenvalue weighted by molar-refractivity contribution is -0.116. The maximum atomic E-state index is 13.2. The molecule has 1 N–H and O–H groups in total. The van der Waals surface area contributed by atoms with E-state index < -0.39 is 12.2 Å². The van der Waals surface area contributed by atoms with Crippen molar-refractivity contribution in [2.45, 2.75) is 12.2 Å². The number of carbonyl (C=O) groups excluding carboxylic acids is 1. The smallest absolute Gasteiger partial charge is 0.231 e. The second kappa shape index (κ2) is 7.40. The zero-order valence-electron chi connectivity index (χ0n) is 15.5. The van der Waals surface area contributed by atoms with Gasteiger partial charge in [0.05, 0.1) is 19.8 Å². The van der Waals surface area contributed by atoms with Crippen LogP contribution in [0.2, 0.25) is 0 Å². The molecule has 4 rings (SSSR count). The molecular formula is C22H20O6. The molecule has 0 spiro atoms. The van der Waals surface area contributed by atoms with Gasteiger partial charge in [-0.3, -0.25) is 4.79 Å². The largest absolute Gasteiger partial charge is 0.497 e. The van der Waals surface area contributed by atoms with Crippen molar-refractivity contribution in [1.29, 1.82) is 0 Å². The Kier molecular flexibility index (Phi) is 4.79. The fraction of sp³-hybridized carbons (Fsp3) is 0.227. The molecule has 0 amide bonds. The van der Waals surface area contributed by atoms with Crippen LogP contribution in [0.3, 0.4) is 0 Å². The number of rotatable bonds is 4. The number of fused-ring (bicyclic) bond motifs is 1. The van der Waals surface area contributed by atoms with Crippen molar-refractivity contribution in [2.75, 3.05) is 20.8 Å². The second-order valence-electron chi connectivity index (χ2n) is 6.50. The molecule has 0 aromatic heterocycles. The average molecular weight is 380 g/mol. The first kappa shape index (κ1) is 18.1. The Morgan fingerprint density at radius 1 is 1.00 bits per heavy atom. The molecule has 2 aromatic rings. The maximum Gasteiger partial charge on any atom is 0.231 e. The van der Waals surface area contributed by atoms with Crippen LogP contribution in [0.5, 0.6) is 11.5 Å². The Labute approximate surface area is 162 Å². The predicted octanol–water partition coefficient (Wildman–Crippen LogP) is 2.82. The van der Waals surface area contributed by atoms with Crippen LogP contribution in [0.4, 0.5) is 0 Å². The molecule has 0 radical (unpaired) electrons. The number of allylic oxidation sites excluding steroid dienone is 1. The number of Topliss-reactive ketones (excluding diaryl/α,β-unsaturated/α-hetero) is 1. The van der Waals surface area contributed by atoms with Crippen molar-refractivity contribution in [2.24, 2.45) is 0 Å². The quantitative estimate of drug-likeness (QED) is 0.823. The van der Waals surface area contributed by atoms with Gasteiger partial charge in [0.2, 0.25) is 5.78 Å². The third-order valence-corrected chi connectivity index (χ3v) is 4.76. The van der Waals surface area contributed by atoms with Crippen molar-refractivity contribution in [3.8, 4) is 11.5 Å². The molecule has 2 aliphatic rings. The molecule has 6 heteroatoms. The molecule has 144 valence electrons. The van der Waals surface area contributed by atoms with Gasteiger partial charge in [-0.15, -0.1) is 0 Å². The van der Waals surface area contributed by atoms with E-state index in [0.717, 1.165) is 11.3 Å². The van der Waals surface area contributed by atoms with Gasteiger partial charge in [0.1, 0.15) is 24.2 Å². The van der Waals surface area contributed by atoms with Gasteiger partial charge in [-0.25, -0.2) is 0 Å². The average Bonchev–Trinajstić information content (AvgIpc) is 3.09. The monoisotopic (exact) mass is 380 g/mol. The highest BCUT2D eigenvalue weighted by atomic mass is 16.6. The minimum absolute atomic E-state index is 0.0861. The van der Waals surface area contributed by atoms with Gasteiger partial charge >= 0.3 is 0 Å². The lowest BCUT2D eigenvalue weighted by atomic mass is 9.93. The van der Waals surface area contributed by atoms with Crippen LogP contribution >= 0.6 is 0 Å². The van der Waals surface area contributed by atoms with E-state index in [2.05, 4.69) is 0 Å². The van der Waals surface area contributed by atoms with E-state index in [0.29, 0.717) is 22.6 Å².